The zero-order valence-electron chi connectivity index (χ0n) is 9.51. The molecule has 0 amide bonds. The van der Waals surface area contributed by atoms with Gasteiger partial charge < -0.3 is 0 Å². The molecule has 0 aromatic carbocycles. The van der Waals surface area contributed by atoms with Crippen molar-refractivity contribution in [2.45, 2.75) is 58.0 Å². The van der Waals surface area contributed by atoms with E-state index in [4.69, 9.17) is 0 Å². The summed E-state index contributed by atoms with van der Waals surface area (Å²) in [4.78, 5) is 23.0. The monoisotopic (exact) mass is 214 g/mol. The lowest BCUT2D eigenvalue weighted by molar-refractivity contribution is -0.135. The van der Waals surface area contributed by atoms with E-state index in [1.54, 1.807) is 0 Å². The summed E-state index contributed by atoms with van der Waals surface area (Å²) in [5.74, 6) is -0.645. The van der Waals surface area contributed by atoms with Gasteiger partial charge in [0.1, 0.15) is 5.78 Å². The summed E-state index contributed by atoms with van der Waals surface area (Å²) in [7, 11) is 0. The van der Waals surface area contributed by atoms with E-state index in [0.717, 1.165) is 25.7 Å². The molecular weight excluding hydrogens is 195 g/mol. The molecule has 0 aromatic heterocycles. The van der Waals surface area contributed by atoms with Crippen LogP contribution in [0, 0.1) is 5.92 Å². The lowest BCUT2D eigenvalue weighted by Gasteiger charge is -2.21. The van der Waals surface area contributed by atoms with Crippen molar-refractivity contribution < 1.29 is 14.0 Å². The Labute approximate surface area is 90.2 Å². The average molecular weight is 214 g/mol. The molecule has 0 N–H and O–H groups in total. The van der Waals surface area contributed by atoms with Gasteiger partial charge in [-0.1, -0.05) is 19.3 Å². The van der Waals surface area contributed by atoms with Crippen LogP contribution in [0.4, 0.5) is 4.39 Å². The number of carbonyl (C=O) groups is 2. The minimum Gasteiger partial charge on any atom is -0.299 e. The molecule has 0 aliphatic heterocycles. The molecule has 0 heterocycles. The van der Waals surface area contributed by atoms with Crippen LogP contribution in [0.2, 0.25) is 0 Å². The van der Waals surface area contributed by atoms with Crippen molar-refractivity contribution in [1.29, 1.82) is 0 Å². The quantitative estimate of drug-likeness (QED) is 0.674. The number of Topliss-reactive ketones (excluding diaryl/α,β-unsaturated/α-hetero) is 2. The molecule has 0 saturated heterocycles. The van der Waals surface area contributed by atoms with Gasteiger partial charge in [0, 0.05) is 5.92 Å². The lowest BCUT2D eigenvalue weighted by atomic mass is 9.83. The van der Waals surface area contributed by atoms with Crippen molar-refractivity contribution in [3.63, 3.8) is 0 Å². The second kappa shape index (κ2) is 4.86. The van der Waals surface area contributed by atoms with Gasteiger partial charge in [0.25, 0.3) is 0 Å². The van der Waals surface area contributed by atoms with Crippen LogP contribution in [-0.2, 0) is 9.59 Å². The normalized spacial score (nSPS) is 18.9. The minimum atomic E-state index is -1.87. The van der Waals surface area contributed by atoms with Crippen LogP contribution in [0.1, 0.15) is 52.4 Å². The Hall–Kier alpha value is -0.730. The first-order chi connectivity index (χ1) is 6.91. The molecular formula is C12H19FO2. The van der Waals surface area contributed by atoms with Crippen LogP contribution >= 0.6 is 0 Å². The lowest BCUT2D eigenvalue weighted by Crippen LogP contribution is -2.30. The van der Waals surface area contributed by atoms with Crippen molar-refractivity contribution in [3.05, 3.63) is 0 Å². The minimum absolute atomic E-state index is 0.00468. The van der Waals surface area contributed by atoms with Gasteiger partial charge >= 0.3 is 0 Å². The summed E-state index contributed by atoms with van der Waals surface area (Å²) < 4.78 is 13.2. The fourth-order valence-electron chi connectivity index (χ4n) is 1.94. The van der Waals surface area contributed by atoms with E-state index in [1.165, 1.54) is 20.3 Å². The first-order valence-electron chi connectivity index (χ1n) is 5.66. The van der Waals surface area contributed by atoms with Crippen molar-refractivity contribution >= 4 is 11.6 Å². The van der Waals surface area contributed by atoms with Gasteiger partial charge in [-0.05, 0) is 26.7 Å². The molecule has 0 atom stereocenters. The summed E-state index contributed by atoms with van der Waals surface area (Å²) in [6.45, 7) is 2.42. The van der Waals surface area contributed by atoms with E-state index in [9.17, 15) is 14.0 Å². The number of hydrogen-bond acceptors (Lipinski definition) is 2. The average Bonchev–Trinajstić information content (AvgIpc) is 2.17. The van der Waals surface area contributed by atoms with Crippen LogP contribution in [0.3, 0.4) is 0 Å². The number of alkyl halides is 1. The van der Waals surface area contributed by atoms with Gasteiger partial charge in [0.15, 0.2) is 11.5 Å². The van der Waals surface area contributed by atoms with Crippen molar-refractivity contribution in [2.24, 2.45) is 5.92 Å². The SMILES string of the molecule is CC(C)(F)C(=O)CC(=O)C1CCCCC1. The van der Waals surface area contributed by atoms with Crippen LogP contribution in [-0.4, -0.2) is 17.2 Å². The number of hydrogen-bond donors (Lipinski definition) is 0. The molecule has 0 unspecified atom stereocenters. The first kappa shape index (κ1) is 12.3. The zero-order chi connectivity index (χ0) is 11.5. The smallest absolute Gasteiger partial charge is 0.176 e. The highest BCUT2D eigenvalue weighted by Crippen LogP contribution is 2.26. The standard InChI is InChI=1S/C12H19FO2/c1-12(2,13)11(15)8-10(14)9-6-4-3-5-7-9/h9H,3-8H2,1-2H3. The maximum Gasteiger partial charge on any atom is 0.176 e. The fourth-order valence-corrected chi connectivity index (χ4v) is 1.94. The molecule has 0 radical (unpaired) electrons. The number of halogens is 1. The third-order valence-corrected chi connectivity index (χ3v) is 3.06. The Kier molecular flexibility index (Phi) is 4.00. The van der Waals surface area contributed by atoms with Crippen LogP contribution in [0.15, 0.2) is 0 Å². The van der Waals surface area contributed by atoms with E-state index in [1.807, 2.05) is 0 Å². The van der Waals surface area contributed by atoms with Crippen molar-refractivity contribution in [2.75, 3.05) is 0 Å². The third-order valence-electron chi connectivity index (χ3n) is 3.06. The maximum atomic E-state index is 13.2. The van der Waals surface area contributed by atoms with Crippen LogP contribution < -0.4 is 0 Å². The van der Waals surface area contributed by atoms with Gasteiger partial charge in [-0.3, -0.25) is 9.59 Å². The topological polar surface area (TPSA) is 34.1 Å². The predicted octanol–water partition coefficient (Wildman–Crippen LogP) is 2.84. The molecule has 86 valence electrons. The number of rotatable bonds is 4. The molecule has 0 spiro atoms. The second-order valence-corrected chi connectivity index (χ2v) is 4.87. The van der Waals surface area contributed by atoms with E-state index >= 15 is 0 Å². The van der Waals surface area contributed by atoms with E-state index in [-0.39, 0.29) is 18.1 Å². The predicted molar refractivity (Wildman–Crippen MR) is 56.4 cm³/mol. The Morgan fingerprint density at radius 1 is 1.20 bits per heavy atom. The maximum absolute atomic E-state index is 13.2. The highest BCUT2D eigenvalue weighted by molar-refractivity contribution is 6.03. The van der Waals surface area contributed by atoms with E-state index in [2.05, 4.69) is 0 Å². The molecule has 0 bridgehead atoms. The molecule has 2 nitrogen and oxygen atoms in total. The highest BCUT2D eigenvalue weighted by Gasteiger charge is 2.31. The molecule has 0 aromatic rings. The molecule has 1 aliphatic carbocycles. The summed E-state index contributed by atoms with van der Waals surface area (Å²) in [6.07, 6.45) is 4.81. The molecule has 1 fully saturated rings. The Morgan fingerprint density at radius 2 is 1.73 bits per heavy atom. The van der Waals surface area contributed by atoms with Gasteiger partial charge in [-0.2, -0.15) is 0 Å². The number of ketones is 2. The van der Waals surface area contributed by atoms with Crippen LogP contribution in [0.25, 0.3) is 0 Å². The molecule has 3 heteroatoms. The third kappa shape index (κ3) is 3.73. The fraction of sp³-hybridized carbons (Fsp3) is 0.833. The van der Waals surface area contributed by atoms with Gasteiger partial charge in [-0.15, -0.1) is 0 Å². The van der Waals surface area contributed by atoms with Crippen LogP contribution in [0.5, 0.6) is 0 Å². The number of carbonyl (C=O) groups excluding carboxylic acids is 2. The van der Waals surface area contributed by atoms with Crippen molar-refractivity contribution in [3.8, 4) is 0 Å². The molecule has 1 aliphatic rings. The van der Waals surface area contributed by atoms with E-state index < -0.39 is 11.5 Å². The summed E-state index contributed by atoms with van der Waals surface area (Å²) >= 11 is 0. The zero-order valence-corrected chi connectivity index (χ0v) is 9.51. The summed E-state index contributed by atoms with van der Waals surface area (Å²) in [5, 5.41) is 0. The first-order valence-corrected chi connectivity index (χ1v) is 5.66. The Morgan fingerprint density at radius 3 is 2.20 bits per heavy atom. The summed E-state index contributed by atoms with van der Waals surface area (Å²) in [5.41, 5.74) is -1.87. The Balaban J connectivity index is 2.44. The summed E-state index contributed by atoms with van der Waals surface area (Å²) in [6, 6.07) is 0. The molecule has 15 heavy (non-hydrogen) atoms. The van der Waals surface area contributed by atoms with Crippen molar-refractivity contribution in [1.82, 2.24) is 0 Å². The van der Waals surface area contributed by atoms with Gasteiger partial charge in [-0.25, -0.2) is 4.39 Å². The van der Waals surface area contributed by atoms with Gasteiger partial charge in [0.2, 0.25) is 0 Å². The molecule has 1 saturated carbocycles. The second-order valence-electron chi connectivity index (χ2n) is 4.87. The van der Waals surface area contributed by atoms with Gasteiger partial charge in [0.05, 0.1) is 6.42 Å². The molecule has 1 rings (SSSR count). The Bertz CT molecular complexity index is 247. The van der Waals surface area contributed by atoms with E-state index in [0.29, 0.717) is 0 Å². The highest BCUT2D eigenvalue weighted by atomic mass is 19.1. The largest absolute Gasteiger partial charge is 0.299 e.